The quantitative estimate of drug-likeness (QED) is 0.789. The van der Waals surface area contributed by atoms with E-state index in [1.165, 1.54) is 23.5 Å². The Labute approximate surface area is 121 Å². The van der Waals surface area contributed by atoms with Gasteiger partial charge in [-0.15, -0.1) is 11.3 Å². The number of carbonyl (C=O) groups is 1. The van der Waals surface area contributed by atoms with E-state index in [0.717, 1.165) is 16.3 Å². The van der Waals surface area contributed by atoms with Gasteiger partial charge in [-0.3, -0.25) is 4.79 Å². The zero-order valence-electron chi connectivity index (χ0n) is 11.4. The predicted octanol–water partition coefficient (Wildman–Crippen LogP) is 3.69. The van der Waals surface area contributed by atoms with Crippen LogP contribution in [-0.4, -0.2) is 17.6 Å². The van der Waals surface area contributed by atoms with E-state index in [4.69, 9.17) is 4.74 Å². The molecule has 5 heteroatoms. The second-order valence-electron chi connectivity index (χ2n) is 4.51. The van der Waals surface area contributed by atoms with Crippen LogP contribution >= 0.6 is 11.3 Å². The molecule has 0 saturated heterocycles. The van der Waals surface area contributed by atoms with Crippen molar-refractivity contribution in [1.82, 2.24) is 4.98 Å². The number of benzene rings is 1. The topological polar surface area (TPSA) is 39.2 Å². The minimum Gasteiger partial charge on any atom is -0.466 e. The van der Waals surface area contributed by atoms with Crippen LogP contribution in [0.2, 0.25) is 0 Å². The van der Waals surface area contributed by atoms with Crippen molar-refractivity contribution >= 4 is 17.3 Å². The molecule has 1 atom stereocenters. The van der Waals surface area contributed by atoms with Gasteiger partial charge in [-0.1, -0.05) is 6.92 Å². The van der Waals surface area contributed by atoms with Gasteiger partial charge in [0.2, 0.25) is 0 Å². The number of thiazole rings is 1. The fraction of sp³-hybridized carbons (Fsp3) is 0.333. The Morgan fingerprint density at radius 3 is 2.75 bits per heavy atom. The van der Waals surface area contributed by atoms with E-state index in [1.54, 1.807) is 19.1 Å². The normalized spacial score (nSPS) is 12.2. The molecule has 2 aromatic rings. The largest absolute Gasteiger partial charge is 0.466 e. The minimum atomic E-state index is -0.263. The van der Waals surface area contributed by atoms with Crippen molar-refractivity contribution in [2.75, 3.05) is 6.61 Å². The molecule has 0 spiro atoms. The molecule has 1 aromatic carbocycles. The Bertz CT molecular complexity index is 580. The molecule has 0 aliphatic carbocycles. The standard InChI is InChI=1S/C15H16FNO2S/c1-3-19-15(18)10(2)8-13-9-20-14(17-13)11-4-6-12(16)7-5-11/h4-7,9-10H,3,8H2,1-2H3. The molecule has 2 rings (SSSR count). The number of aromatic nitrogens is 1. The Hall–Kier alpha value is -1.75. The van der Waals surface area contributed by atoms with E-state index in [1.807, 2.05) is 12.3 Å². The lowest BCUT2D eigenvalue weighted by atomic mass is 10.1. The molecule has 1 aromatic heterocycles. The van der Waals surface area contributed by atoms with E-state index in [-0.39, 0.29) is 17.7 Å². The van der Waals surface area contributed by atoms with Crippen LogP contribution in [-0.2, 0) is 16.0 Å². The zero-order chi connectivity index (χ0) is 14.5. The van der Waals surface area contributed by atoms with Crippen LogP contribution < -0.4 is 0 Å². The third kappa shape index (κ3) is 3.63. The molecule has 106 valence electrons. The molecule has 0 radical (unpaired) electrons. The first-order chi connectivity index (χ1) is 9.60. The fourth-order valence-corrected chi connectivity index (χ4v) is 2.65. The molecular formula is C15H16FNO2S. The van der Waals surface area contributed by atoms with Crippen LogP contribution in [0.3, 0.4) is 0 Å². The average molecular weight is 293 g/mol. The molecule has 3 nitrogen and oxygen atoms in total. The Morgan fingerprint density at radius 2 is 2.10 bits per heavy atom. The monoisotopic (exact) mass is 293 g/mol. The van der Waals surface area contributed by atoms with Crippen molar-refractivity contribution in [1.29, 1.82) is 0 Å². The number of carbonyl (C=O) groups excluding carboxylic acids is 1. The first-order valence-electron chi connectivity index (χ1n) is 6.47. The molecule has 0 fully saturated rings. The van der Waals surface area contributed by atoms with E-state index in [0.29, 0.717) is 13.0 Å². The highest BCUT2D eigenvalue weighted by Crippen LogP contribution is 2.25. The minimum absolute atomic E-state index is 0.205. The van der Waals surface area contributed by atoms with Crippen molar-refractivity contribution in [3.05, 3.63) is 41.2 Å². The average Bonchev–Trinajstić information content (AvgIpc) is 2.88. The molecule has 1 heterocycles. The Balaban J connectivity index is 2.05. The summed E-state index contributed by atoms with van der Waals surface area (Å²) in [5.41, 5.74) is 1.74. The number of rotatable bonds is 5. The predicted molar refractivity (Wildman–Crippen MR) is 77.0 cm³/mol. The molecule has 20 heavy (non-hydrogen) atoms. The number of hydrogen-bond acceptors (Lipinski definition) is 4. The van der Waals surface area contributed by atoms with Crippen molar-refractivity contribution in [3.63, 3.8) is 0 Å². The van der Waals surface area contributed by atoms with Gasteiger partial charge in [-0.2, -0.15) is 0 Å². The lowest BCUT2D eigenvalue weighted by molar-refractivity contribution is -0.147. The van der Waals surface area contributed by atoms with Gasteiger partial charge in [-0.25, -0.2) is 9.37 Å². The first-order valence-corrected chi connectivity index (χ1v) is 7.35. The summed E-state index contributed by atoms with van der Waals surface area (Å²) in [5.74, 6) is -0.677. The van der Waals surface area contributed by atoms with Crippen molar-refractivity contribution in [2.24, 2.45) is 5.92 Å². The summed E-state index contributed by atoms with van der Waals surface area (Å²) < 4.78 is 17.8. The highest BCUT2D eigenvalue weighted by atomic mass is 32.1. The summed E-state index contributed by atoms with van der Waals surface area (Å²) in [4.78, 5) is 16.1. The highest BCUT2D eigenvalue weighted by Gasteiger charge is 2.16. The van der Waals surface area contributed by atoms with Gasteiger partial charge in [0.15, 0.2) is 0 Å². The van der Waals surface area contributed by atoms with Crippen molar-refractivity contribution in [3.8, 4) is 10.6 Å². The SMILES string of the molecule is CCOC(=O)C(C)Cc1csc(-c2ccc(F)cc2)n1. The van der Waals surface area contributed by atoms with Crippen LogP contribution in [0.1, 0.15) is 19.5 Å². The zero-order valence-corrected chi connectivity index (χ0v) is 12.2. The number of hydrogen-bond donors (Lipinski definition) is 0. The van der Waals surface area contributed by atoms with Crippen LogP contribution in [0.15, 0.2) is 29.6 Å². The summed E-state index contributed by atoms with van der Waals surface area (Å²) in [6, 6.07) is 6.23. The third-order valence-electron chi connectivity index (χ3n) is 2.85. The van der Waals surface area contributed by atoms with Gasteiger partial charge in [0, 0.05) is 17.4 Å². The number of ether oxygens (including phenoxy) is 1. The van der Waals surface area contributed by atoms with Gasteiger partial charge < -0.3 is 4.74 Å². The number of nitrogens with zero attached hydrogens (tertiary/aromatic N) is 1. The lowest BCUT2D eigenvalue weighted by Gasteiger charge is -2.08. The third-order valence-corrected chi connectivity index (χ3v) is 3.79. The van der Waals surface area contributed by atoms with Gasteiger partial charge in [0.1, 0.15) is 10.8 Å². The molecule has 0 aliphatic rings. The lowest BCUT2D eigenvalue weighted by Crippen LogP contribution is -2.17. The summed E-state index contributed by atoms with van der Waals surface area (Å²) in [6.07, 6.45) is 0.552. The van der Waals surface area contributed by atoms with Crippen LogP contribution in [0.4, 0.5) is 4.39 Å². The molecule has 1 unspecified atom stereocenters. The molecule has 0 saturated carbocycles. The Kier molecular flexibility index (Phi) is 4.84. The first kappa shape index (κ1) is 14.7. The van der Waals surface area contributed by atoms with Crippen molar-refractivity contribution < 1.29 is 13.9 Å². The molecule has 0 N–H and O–H groups in total. The maximum atomic E-state index is 12.9. The second kappa shape index (κ2) is 6.61. The molecule has 0 aliphatic heterocycles. The smallest absolute Gasteiger partial charge is 0.309 e. The fourth-order valence-electron chi connectivity index (χ4n) is 1.81. The molecular weight excluding hydrogens is 277 g/mol. The van der Waals surface area contributed by atoms with Gasteiger partial charge in [-0.05, 0) is 31.2 Å². The van der Waals surface area contributed by atoms with E-state index < -0.39 is 0 Å². The molecule has 0 bridgehead atoms. The highest BCUT2D eigenvalue weighted by molar-refractivity contribution is 7.13. The second-order valence-corrected chi connectivity index (χ2v) is 5.37. The maximum Gasteiger partial charge on any atom is 0.309 e. The van der Waals surface area contributed by atoms with E-state index in [2.05, 4.69) is 4.98 Å². The summed E-state index contributed by atoms with van der Waals surface area (Å²) in [6.45, 7) is 4.01. The Morgan fingerprint density at radius 1 is 1.40 bits per heavy atom. The van der Waals surface area contributed by atoms with E-state index >= 15 is 0 Å². The van der Waals surface area contributed by atoms with Crippen LogP contribution in [0.25, 0.3) is 10.6 Å². The van der Waals surface area contributed by atoms with Gasteiger partial charge >= 0.3 is 5.97 Å². The van der Waals surface area contributed by atoms with Crippen LogP contribution in [0, 0.1) is 11.7 Å². The summed E-state index contributed by atoms with van der Waals surface area (Å²) >= 11 is 1.49. The summed E-state index contributed by atoms with van der Waals surface area (Å²) in [7, 11) is 0. The molecule has 0 amide bonds. The van der Waals surface area contributed by atoms with Gasteiger partial charge in [0.25, 0.3) is 0 Å². The van der Waals surface area contributed by atoms with Gasteiger partial charge in [0.05, 0.1) is 18.2 Å². The number of halogens is 1. The summed E-state index contributed by atoms with van der Waals surface area (Å²) in [5, 5.41) is 2.75. The maximum absolute atomic E-state index is 12.9. The van der Waals surface area contributed by atoms with Crippen LogP contribution in [0.5, 0.6) is 0 Å². The van der Waals surface area contributed by atoms with E-state index in [9.17, 15) is 9.18 Å². The van der Waals surface area contributed by atoms with Crippen molar-refractivity contribution in [2.45, 2.75) is 20.3 Å². The number of esters is 1.